The van der Waals surface area contributed by atoms with Crippen LogP contribution in [0.15, 0.2) is 18.2 Å². The van der Waals surface area contributed by atoms with Crippen molar-refractivity contribution in [1.82, 2.24) is 19.7 Å². The van der Waals surface area contributed by atoms with E-state index in [0.717, 1.165) is 54.3 Å². The molecule has 2 aromatic heterocycles. The van der Waals surface area contributed by atoms with Crippen LogP contribution in [0.25, 0.3) is 10.2 Å². The van der Waals surface area contributed by atoms with Crippen molar-refractivity contribution in [3.05, 3.63) is 40.2 Å². The number of hydrogen-bond acceptors (Lipinski definition) is 6. The summed E-state index contributed by atoms with van der Waals surface area (Å²) in [7, 11) is 0. The molecule has 0 radical (unpaired) electrons. The average molecular weight is 448 g/mol. The van der Waals surface area contributed by atoms with Gasteiger partial charge >= 0.3 is 0 Å². The minimum absolute atomic E-state index is 0.0847. The molecule has 0 saturated carbocycles. The number of hydrogen-bond donors (Lipinski definition) is 0. The first-order valence-corrected chi connectivity index (χ1v) is 11.4. The highest BCUT2D eigenvalue weighted by Crippen LogP contribution is 2.36. The summed E-state index contributed by atoms with van der Waals surface area (Å²) in [5.74, 6) is -0.0847. The SMILES string of the molecule is CCn1nc(C)cc1C(=O)N(CCN1CCOCC1)c1nc2c(C)ccc(Cl)c2s1. The van der Waals surface area contributed by atoms with Gasteiger partial charge in [-0.3, -0.25) is 19.3 Å². The standard InChI is InChI=1S/C21H26ClN5O2S/c1-4-27-17(13-15(3)24-27)20(28)26(8-7-25-9-11-29-12-10-25)21-23-18-14(2)5-6-16(22)19(18)30-21/h5-6,13H,4,7-12H2,1-3H3. The molecule has 3 heterocycles. The van der Waals surface area contributed by atoms with Crippen LogP contribution in [0.3, 0.4) is 0 Å². The van der Waals surface area contributed by atoms with Gasteiger partial charge in [0.05, 0.1) is 34.1 Å². The zero-order valence-corrected chi connectivity index (χ0v) is 19.1. The number of aromatic nitrogens is 3. The number of carbonyl (C=O) groups is 1. The summed E-state index contributed by atoms with van der Waals surface area (Å²) in [6.45, 7) is 11.0. The third-order valence-corrected chi connectivity index (χ3v) is 6.87. The van der Waals surface area contributed by atoms with E-state index >= 15 is 0 Å². The predicted octanol–water partition coefficient (Wildman–Crippen LogP) is 3.76. The number of morpholine rings is 1. The number of halogens is 1. The maximum absolute atomic E-state index is 13.6. The Morgan fingerprint density at radius 1 is 1.30 bits per heavy atom. The Balaban J connectivity index is 1.70. The number of ether oxygens (including phenoxy) is 1. The molecular weight excluding hydrogens is 422 g/mol. The molecule has 9 heteroatoms. The molecule has 1 saturated heterocycles. The van der Waals surface area contributed by atoms with Gasteiger partial charge in [0.1, 0.15) is 5.69 Å². The lowest BCUT2D eigenvalue weighted by molar-refractivity contribution is 0.0391. The maximum atomic E-state index is 13.6. The minimum atomic E-state index is -0.0847. The van der Waals surface area contributed by atoms with Crippen molar-refractivity contribution in [2.45, 2.75) is 27.3 Å². The van der Waals surface area contributed by atoms with E-state index in [9.17, 15) is 4.79 Å². The molecular formula is C21H26ClN5O2S. The lowest BCUT2D eigenvalue weighted by Gasteiger charge is -2.29. The number of benzene rings is 1. The molecule has 1 aliphatic rings. The van der Waals surface area contributed by atoms with Crippen LogP contribution >= 0.6 is 22.9 Å². The Labute approximate surface area is 185 Å². The van der Waals surface area contributed by atoms with Crippen LogP contribution in [0.2, 0.25) is 5.02 Å². The third kappa shape index (κ3) is 4.23. The first-order valence-electron chi connectivity index (χ1n) is 10.2. The largest absolute Gasteiger partial charge is 0.379 e. The van der Waals surface area contributed by atoms with Crippen LogP contribution in [-0.2, 0) is 11.3 Å². The second kappa shape index (κ2) is 9.01. The minimum Gasteiger partial charge on any atom is -0.379 e. The second-order valence-corrected chi connectivity index (χ2v) is 8.82. The van der Waals surface area contributed by atoms with Crippen molar-refractivity contribution in [2.75, 3.05) is 44.3 Å². The van der Waals surface area contributed by atoms with Gasteiger partial charge in [-0.2, -0.15) is 5.10 Å². The number of thiazole rings is 1. The molecule has 7 nitrogen and oxygen atoms in total. The van der Waals surface area contributed by atoms with E-state index in [1.165, 1.54) is 11.3 Å². The van der Waals surface area contributed by atoms with E-state index in [2.05, 4.69) is 10.00 Å². The van der Waals surface area contributed by atoms with Crippen LogP contribution in [0.5, 0.6) is 0 Å². The summed E-state index contributed by atoms with van der Waals surface area (Å²) < 4.78 is 8.12. The Bertz CT molecular complexity index is 1020. The normalized spacial score (nSPS) is 15.1. The lowest BCUT2D eigenvalue weighted by Crippen LogP contribution is -2.43. The quantitative estimate of drug-likeness (QED) is 0.575. The van der Waals surface area contributed by atoms with E-state index in [4.69, 9.17) is 21.3 Å². The average Bonchev–Trinajstić information content (AvgIpc) is 3.36. The summed E-state index contributed by atoms with van der Waals surface area (Å²) in [4.78, 5) is 22.5. The highest BCUT2D eigenvalue weighted by molar-refractivity contribution is 7.23. The highest BCUT2D eigenvalue weighted by atomic mass is 35.5. The van der Waals surface area contributed by atoms with Crippen molar-refractivity contribution in [1.29, 1.82) is 0 Å². The molecule has 1 amide bonds. The molecule has 1 fully saturated rings. The van der Waals surface area contributed by atoms with Gasteiger partial charge in [0, 0.05) is 32.7 Å². The van der Waals surface area contributed by atoms with Crippen molar-refractivity contribution < 1.29 is 9.53 Å². The number of fused-ring (bicyclic) bond motifs is 1. The van der Waals surface area contributed by atoms with E-state index in [0.29, 0.717) is 28.9 Å². The molecule has 3 aromatic rings. The van der Waals surface area contributed by atoms with E-state index in [1.807, 2.05) is 39.0 Å². The summed E-state index contributed by atoms with van der Waals surface area (Å²) in [5.41, 5.74) is 3.31. The van der Waals surface area contributed by atoms with Crippen LogP contribution < -0.4 is 4.90 Å². The number of anilines is 1. The van der Waals surface area contributed by atoms with Crippen LogP contribution in [0.1, 0.15) is 28.7 Å². The highest BCUT2D eigenvalue weighted by Gasteiger charge is 2.26. The second-order valence-electron chi connectivity index (χ2n) is 7.44. The van der Waals surface area contributed by atoms with Gasteiger partial charge in [-0.25, -0.2) is 4.98 Å². The van der Waals surface area contributed by atoms with Crippen molar-refractivity contribution in [3.63, 3.8) is 0 Å². The predicted molar refractivity (Wildman–Crippen MR) is 121 cm³/mol. The Hall–Kier alpha value is -2.00. The summed E-state index contributed by atoms with van der Waals surface area (Å²) in [6, 6.07) is 5.69. The first kappa shape index (κ1) is 21.2. The molecule has 0 spiro atoms. The van der Waals surface area contributed by atoms with Gasteiger partial charge < -0.3 is 4.74 Å². The number of carbonyl (C=O) groups excluding carboxylic acids is 1. The lowest BCUT2D eigenvalue weighted by atomic mass is 10.2. The van der Waals surface area contributed by atoms with Gasteiger partial charge in [0.2, 0.25) is 0 Å². The molecule has 0 aliphatic carbocycles. The van der Waals surface area contributed by atoms with Crippen molar-refractivity contribution >= 4 is 44.2 Å². The fourth-order valence-electron chi connectivity index (χ4n) is 3.65. The topological polar surface area (TPSA) is 63.5 Å². The fourth-order valence-corrected chi connectivity index (χ4v) is 4.99. The molecule has 0 N–H and O–H groups in total. The number of amides is 1. The fraction of sp³-hybridized carbons (Fsp3) is 0.476. The Kier molecular flexibility index (Phi) is 6.38. The summed E-state index contributed by atoms with van der Waals surface area (Å²) in [5, 5.41) is 5.78. The molecule has 0 atom stereocenters. The molecule has 160 valence electrons. The van der Waals surface area contributed by atoms with Crippen LogP contribution in [-0.4, -0.2) is 65.0 Å². The van der Waals surface area contributed by atoms with Gasteiger partial charge in [-0.1, -0.05) is 29.0 Å². The van der Waals surface area contributed by atoms with Gasteiger partial charge in [-0.15, -0.1) is 0 Å². The van der Waals surface area contributed by atoms with Crippen LogP contribution in [0.4, 0.5) is 5.13 Å². The molecule has 0 unspecified atom stereocenters. The Morgan fingerprint density at radius 3 is 2.77 bits per heavy atom. The monoisotopic (exact) mass is 447 g/mol. The van der Waals surface area contributed by atoms with E-state index in [1.54, 1.807) is 9.58 Å². The van der Waals surface area contributed by atoms with Gasteiger partial charge in [-0.05, 0) is 38.5 Å². The molecule has 4 rings (SSSR count). The summed E-state index contributed by atoms with van der Waals surface area (Å²) >= 11 is 7.89. The zero-order chi connectivity index (χ0) is 21.3. The number of rotatable bonds is 6. The number of nitrogens with zero attached hydrogens (tertiary/aromatic N) is 5. The molecule has 30 heavy (non-hydrogen) atoms. The first-order chi connectivity index (χ1) is 14.5. The zero-order valence-electron chi connectivity index (χ0n) is 17.5. The van der Waals surface area contributed by atoms with Gasteiger partial charge in [0.15, 0.2) is 5.13 Å². The molecule has 1 aromatic carbocycles. The van der Waals surface area contributed by atoms with E-state index < -0.39 is 0 Å². The summed E-state index contributed by atoms with van der Waals surface area (Å²) in [6.07, 6.45) is 0. The van der Waals surface area contributed by atoms with Crippen molar-refractivity contribution in [2.24, 2.45) is 0 Å². The molecule has 1 aliphatic heterocycles. The number of aryl methyl sites for hydroxylation is 3. The third-order valence-electron chi connectivity index (χ3n) is 5.33. The Morgan fingerprint density at radius 2 is 2.07 bits per heavy atom. The van der Waals surface area contributed by atoms with Crippen LogP contribution in [0, 0.1) is 13.8 Å². The maximum Gasteiger partial charge on any atom is 0.278 e. The van der Waals surface area contributed by atoms with Gasteiger partial charge in [0.25, 0.3) is 5.91 Å². The smallest absolute Gasteiger partial charge is 0.278 e. The molecule has 0 bridgehead atoms. The van der Waals surface area contributed by atoms with E-state index in [-0.39, 0.29) is 5.91 Å². The van der Waals surface area contributed by atoms with Crippen molar-refractivity contribution in [3.8, 4) is 0 Å².